The largest absolute Gasteiger partial charge is 0.456 e. The summed E-state index contributed by atoms with van der Waals surface area (Å²) in [6.45, 7) is 4.67. The van der Waals surface area contributed by atoms with Crippen molar-refractivity contribution in [1.82, 2.24) is 9.97 Å². The van der Waals surface area contributed by atoms with Gasteiger partial charge >= 0.3 is 5.97 Å². The van der Waals surface area contributed by atoms with Gasteiger partial charge in [-0.1, -0.05) is 30.3 Å². The van der Waals surface area contributed by atoms with Crippen LogP contribution in [-0.4, -0.2) is 22.5 Å². The molecule has 0 saturated carbocycles. The summed E-state index contributed by atoms with van der Waals surface area (Å²) in [7, 11) is 0. The van der Waals surface area contributed by atoms with Crippen LogP contribution in [0.4, 0.5) is 26.2 Å². The number of benzene rings is 3. The van der Waals surface area contributed by atoms with Crippen molar-refractivity contribution in [3.05, 3.63) is 112 Å². The first-order chi connectivity index (χ1) is 17.9. The van der Waals surface area contributed by atoms with E-state index in [9.17, 15) is 13.6 Å². The number of aromatic nitrogens is 2. The maximum Gasteiger partial charge on any atom is 0.338 e. The van der Waals surface area contributed by atoms with Gasteiger partial charge in [-0.15, -0.1) is 0 Å². The zero-order valence-corrected chi connectivity index (χ0v) is 20.5. The van der Waals surface area contributed by atoms with Crippen LogP contribution in [0.3, 0.4) is 0 Å². The Bertz CT molecular complexity index is 1440. The molecule has 1 atom stereocenters. The SMILES string of the molecule is Cc1c(COC(=O)c2cccc(F)c2)nc(Nc2ccc(F)cc2)nc1N1CCc2ccccc2C1C. The van der Waals surface area contributed by atoms with E-state index in [1.165, 1.54) is 41.5 Å². The molecule has 1 aromatic heterocycles. The molecule has 0 aliphatic carbocycles. The standard InChI is InChI=1S/C29H26F2N4O2/c1-18-26(17-37-28(36)21-7-5-8-23(31)16-21)33-29(32-24-12-10-22(30)11-13-24)34-27(18)35-15-14-20-6-3-4-9-25(20)19(35)2/h3-13,16,19H,14-15,17H2,1-2H3,(H,32,33,34). The first kappa shape index (κ1) is 24.4. The third-order valence-electron chi connectivity index (χ3n) is 6.59. The molecule has 0 saturated heterocycles. The van der Waals surface area contributed by atoms with Crippen molar-refractivity contribution in [3.63, 3.8) is 0 Å². The number of halogens is 2. The summed E-state index contributed by atoms with van der Waals surface area (Å²) < 4.78 is 32.5. The van der Waals surface area contributed by atoms with E-state index >= 15 is 0 Å². The van der Waals surface area contributed by atoms with Crippen molar-refractivity contribution >= 4 is 23.4 Å². The first-order valence-corrected chi connectivity index (χ1v) is 12.1. The lowest BCUT2D eigenvalue weighted by Gasteiger charge is -2.37. The van der Waals surface area contributed by atoms with Crippen LogP contribution in [0.15, 0.2) is 72.8 Å². The van der Waals surface area contributed by atoms with Gasteiger partial charge in [0.15, 0.2) is 0 Å². The lowest BCUT2D eigenvalue weighted by molar-refractivity contribution is 0.0466. The van der Waals surface area contributed by atoms with E-state index in [1.807, 2.05) is 19.1 Å². The first-order valence-electron chi connectivity index (χ1n) is 12.1. The maximum absolute atomic E-state index is 13.6. The molecular weight excluding hydrogens is 474 g/mol. The van der Waals surface area contributed by atoms with Crippen molar-refractivity contribution in [1.29, 1.82) is 0 Å². The molecule has 1 aliphatic rings. The fraction of sp³-hybridized carbons (Fsp3) is 0.207. The summed E-state index contributed by atoms with van der Waals surface area (Å²) in [5, 5.41) is 3.13. The van der Waals surface area contributed by atoms with Crippen LogP contribution < -0.4 is 10.2 Å². The normalized spacial score (nSPS) is 14.7. The molecule has 37 heavy (non-hydrogen) atoms. The average Bonchev–Trinajstić information content (AvgIpc) is 2.90. The van der Waals surface area contributed by atoms with Gasteiger partial charge in [-0.3, -0.25) is 0 Å². The van der Waals surface area contributed by atoms with Crippen molar-refractivity contribution in [2.45, 2.75) is 32.9 Å². The molecule has 0 bridgehead atoms. The highest BCUT2D eigenvalue weighted by Gasteiger charge is 2.27. The van der Waals surface area contributed by atoms with Crippen LogP contribution in [0.1, 0.15) is 45.7 Å². The van der Waals surface area contributed by atoms with Crippen LogP contribution in [0.2, 0.25) is 0 Å². The number of nitrogens with one attached hydrogen (secondary N) is 1. The van der Waals surface area contributed by atoms with E-state index in [4.69, 9.17) is 9.72 Å². The molecule has 0 amide bonds. The lowest BCUT2D eigenvalue weighted by Crippen LogP contribution is -2.35. The number of carbonyl (C=O) groups is 1. The maximum atomic E-state index is 13.6. The summed E-state index contributed by atoms with van der Waals surface area (Å²) in [6, 6.07) is 19.7. The van der Waals surface area contributed by atoms with Gasteiger partial charge < -0.3 is 15.0 Å². The Kier molecular flexibility index (Phi) is 6.81. The molecule has 5 rings (SSSR count). The second kappa shape index (κ2) is 10.3. The molecule has 0 fully saturated rings. The Morgan fingerprint density at radius 2 is 1.81 bits per heavy atom. The highest BCUT2D eigenvalue weighted by atomic mass is 19.1. The van der Waals surface area contributed by atoms with Crippen LogP contribution in [-0.2, 0) is 17.8 Å². The minimum absolute atomic E-state index is 0.0694. The molecule has 4 aromatic rings. The number of carbonyl (C=O) groups excluding carboxylic acids is 1. The Hall–Kier alpha value is -4.33. The van der Waals surface area contributed by atoms with Crippen molar-refractivity contribution in [2.75, 3.05) is 16.8 Å². The van der Waals surface area contributed by atoms with Gasteiger partial charge in [-0.05, 0) is 73.9 Å². The quantitative estimate of drug-likeness (QED) is 0.314. The number of esters is 1. The Morgan fingerprint density at radius 1 is 1.03 bits per heavy atom. The van der Waals surface area contributed by atoms with E-state index in [-0.39, 0.29) is 24.0 Å². The fourth-order valence-electron chi connectivity index (χ4n) is 4.58. The molecule has 1 N–H and O–H groups in total. The zero-order chi connectivity index (χ0) is 25.9. The predicted octanol–water partition coefficient (Wildman–Crippen LogP) is 6.29. The van der Waals surface area contributed by atoms with Gasteiger partial charge in [0, 0.05) is 17.8 Å². The summed E-state index contributed by atoms with van der Waals surface area (Å²) in [4.78, 5) is 24.2. The minimum atomic E-state index is -0.646. The van der Waals surface area contributed by atoms with Gasteiger partial charge in [0.1, 0.15) is 24.1 Å². The van der Waals surface area contributed by atoms with E-state index in [0.717, 1.165) is 30.4 Å². The summed E-state index contributed by atoms with van der Waals surface area (Å²) in [6.07, 6.45) is 0.870. The van der Waals surface area contributed by atoms with Crippen LogP contribution >= 0.6 is 0 Å². The smallest absolute Gasteiger partial charge is 0.338 e. The second-order valence-electron chi connectivity index (χ2n) is 8.98. The molecule has 0 spiro atoms. The molecule has 0 radical (unpaired) electrons. The fourth-order valence-corrected chi connectivity index (χ4v) is 4.58. The number of rotatable bonds is 6. The number of hydrogen-bond acceptors (Lipinski definition) is 6. The number of ether oxygens (including phenoxy) is 1. The monoisotopic (exact) mass is 500 g/mol. The van der Waals surface area contributed by atoms with Gasteiger partial charge in [0.05, 0.1) is 17.3 Å². The third-order valence-corrected chi connectivity index (χ3v) is 6.59. The van der Waals surface area contributed by atoms with Gasteiger partial charge in [0.25, 0.3) is 0 Å². The molecule has 1 aliphatic heterocycles. The highest BCUT2D eigenvalue weighted by molar-refractivity contribution is 5.89. The number of fused-ring (bicyclic) bond motifs is 1. The lowest BCUT2D eigenvalue weighted by atomic mass is 9.93. The number of nitrogens with zero attached hydrogens (tertiary/aromatic N) is 3. The van der Waals surface area contributed by atoms with E-state index < -0.39 is 11.8 Å². The van der Waals surface area contributed by atoms with Gasteiger partial charge in [-0.25, -0.2) is 18.6 Å². The van der Waals surface area contributed by atoms with Crippen LogP contribution in [0, 0.1) is 18.6 Å². The second-order valence-corrected chi connectivity index (χ2v) is 8.98. The average molecular weight is 501 g/mol. The Labute approximate surface area is 214 Å². The molecule has 188 valence electrons. The van der Waals surface area contributed by atoms with Crippen molar-refractivity contribution in [3.8, 4) is 0 Å². The summed E-state index contributed by atoms with van der Waals surface area (Å²) in [5.41, 5.74) is 4.59. The summed E-state index contributed by atoms with van der Waals surface area (Å²) >= 11 is 0. The Balaban J connectivity index is 1.48. The highest BCUT2D eigenvalue weighted by Crippen LogP contribution is 2.35. The molecule has 8 heteroatoms. The minimum Gasteiger partial charge on any atom is -0.456 e. The molecule has 3 aromatic carbocycles. The summed E-state index contributed by atoms with van der Waals surface area (Å²) in [5.74, 6) is -0.484. The molecule has 2 heterocycles. The zero-order valence-electron chi connectivity index (χ0n) is 20.5. The molecule has 1 unspecified atom stereocenters. The Morgan fingerprint density at radius 3 is 2.59 bits per heavy atom. The van der Waals surface area contributed by atoms with Gasteiger partial charge in [0.2, 0.25) is 5.95 Å². The van der Waals surface area contributed by atoms with Gasteiger partial charge in [-0.2, -0.15) is 4.98 Å². The number of anilines is 3. The van der Waals surface area contributed by atoms with E-state index in [1.54, 1.807) is 12.1 Å². The number of hydrogen-bond donors (Lipinski definition) is 1. The van der Waals surface area contributed by atoms with Crippen molar-refractivity contribution in [2.24, 2.45) is 0 Å². The molecular formula is C29H26F2N4O2. The van der Waals surface area contributed by atoms with E-state index in [0.29, 0.717) is 17.3 Å². The predicted molar refractivity (Wildman–Crippen MR) is 138 cm³/mol. The van der Waals surface area contributed by atoms with Crippen molar-refractivity contribution < 1.29 is 18.3 Å². The third kappa shape index (κ3) is 5.28. The van der Waals surface area contributed by atoms with Crippen LogP contribution in [0.5, 0.6) is 0 Å². The van der Waals surface area contributed by atoms with Crippen LogP contribution in [0.25, 0.3) is 0 Å². The molecule has 6 nitrogen and oxygen atoms in total. The van der Waals surface area contributed by atoms with E-state index in [2.05, 4.69) is 34.3 Å². The topological polar surface area (TPSA) is 67.3 Å².